The van der Waals surface area contributed by atoms with Crippen molar-refractivity contribution >= 4 is 34.8 Å². The third-order valence-electron chi connectivity index (χ3n) is 7.43. The molecule has 0 bridgehead atoms. The lowest BCUT2D eigenvalue weighted by Crippen LogP contribution is -2.53. The number of esters is 2. The minimum Gasteiger partial charge on any atom is -0.508 e. The van der Waals surface area contributed by atoms with Gasteiger partial charge in [-0.2, -0.15) is 0 Å². The number of carbonyl (C=O) groups is 4. The van der Waals surface area contributed by atoms with Gasteiger partial charge in [0.05, 0.1) is 6.42 Å². The summed E-state index contributed by atoms with van der Waals surface area (Å²) in [5.74, 6) is -2.33. The van der Waals surface area contributed by atoms with E-state index >= 15 is 0 Å². The maximum Gasteiger partial charge on any atom is 0.408 e. The van der Waals surface area contributed by atoms with Crippen LogP contribution in [0.3, 0.4) is 0 Å². The molecule has 1 heterocycles. The number of aromatic amines is 1. The molecule has 0 aliphatic carbocycles. The van der Waals surface area contributed by atoms with Gasteiger partial charge in [-0.1, -0.05) is 91.0 Å². The van der Waals surface area contributed by atoms with Crippen LogP contribution in [-0.4, -0.2) is 46.1 Å². The second-order valence-electron chi connectivity index (χ2n) is 11.0. The van der Waals surface area contributed by atoms with Crippen LogP contribution in [0.5, 0.6) is 5.75 Å². The SMILES string of the molecule is O=C(C[C@H](NC(=O)[C@H](Cc1c[nH]c2ccc(O)cc12)NC(=O)OCc1ccccc1)C(=O)OCc1ccccc1)OCc1ccccc1. The van der Waals surface area contributed by atoms with E-state index in [-0.39, 0.29) is 32.0 Å². The van der Waals surface area contributed by atoms with Crippen LogP contribution in [0.25, 0.3) is 10.9 Å². The average molecular weight is 650 g/mol. The molecule has 5 aromatic rings. The number of alkyl carbamates (subject to hydrolysis) is 1. The van der Waals surface area contributed by atoms with Crippen LogP contribution in [0.15, 0.2) is 115 Å². The first-order valence-electron chi connectivity index (χ1n) is 15.3. The number of fused-ring (bicyclic) bond motifs is 1. The van der Waals surface area contributed by atoms with Crippen molar-refractivity contribution in [3.8, 4) is 5.75 Å². The van der Waals surface area contributed by atoms with E-state index in [9.17, 15) is 24.3 Å². The highest BCUT2D eigenvalue weighted by atomic mass is 16.6. The number of rotatable bonds is 14. The zero-order chi connectivity index (χ0) is 33.7. The Hall–Kier alpha value is -6.10. The first-order valence-corrected chi connectivity index (χ1v) is 15.3. The molecule has 0 spiro atoms. The summed E-state index contributed by atoms with van der Waals surface area (Å²) in [6, 6.07) is 29.1. The van der Waals surface area contributed by atoms with Crippen molar-refractivity contribution in [2.45, 2.75) is 44.7 Å². The molecule has 0 unspecified atom stereocenters. The molecule has 0 aliphatic heterocycles. The standard InChI is InChI=1S/C37H35N3O8/c41-29-16-17-31-30(19-29)28(21-38-31)18-32(40-37(45)48-24-27-14-8-3-9-15-27)35(43)39-33(36(44)47-23-26-12-6-2-7-13-26)20-34(42)46-22-25-10-4-1-5-11-25/h1-17,19,21,32-33,38,41H,18,20,22-24H2,(H,39,43)(H,40,45)/t32-,33-/m0/s1. The van der Waals surface area contributed by atoms with Gasteiger partial charge in [-0.15, -0.1) is 0 Å². The highest BCUT2D eigenvalue weighted by Gasteiger charge is 2.31. The van der Waals surface area contributed by atoms with E-state index in [2.05, 4.69) is 15.6 Å². The van der Waals surface area contributed by atoms with Crippen molar-refractivity contribution in [1.82, 2.24) is 15.6 Å². The lowest BCUT2D eigenvalue weighted by molar-refractivity contribution is -0.155. The number of aromatic nitrogens is 1. The molecular formula is C37H35N3O8. The van der Waals surface area contributed by atoms with E-state index in [1.165, 1.54) is 12.1 Å². The van der Waals surface area contributed by atoms with Crippen LogP contribution in [0.2, 0.25) is 0 Å². The Balaban J connectivity index is 1.33. The van der Waals surface area contributed by atoms with Gasteiger partial charge in [0.15, 0.2) is 0 Å². The van der Waals surface area contributed by atoms with Crippen molar-refractivity contribution in [3.63, 3.8) is 0 Å². The first kappa shape index (κ1) is 33.3. The topological polar surface area (TPSA) is 156 Å². The number of H-pyrrole nitrogens is 1. The van der Waals surface area contributed by atoms with E-state index in [0.29, 0.717) is 22.0 Å². The molecule has 4 N–H and O–H groups in total. The van der Waals surface area contributed by atoms with Gasteiger partial charge in [0, 0.05) is 23.5 Å². The molecule has 5 rings (SSSR count). The van der Waals surface area contributed by atoms with E-state index in [1.807, 2.05) is 18.2 Å². The first-order chi connectivity index (χ1) is 23.3. The molecule has 0 saturated heterocycles. The van der Waals surface area contributed by atoms with Gasteiger partial charge in [-0.3, -0.25) is 9.59 Å². The normalized spacial score (nSPS) is 12.0. The van der Waals surface area contributed by atoms with Gasteiger partial charge >= 0.3 is 18.0 Å². The Kier molecular flexibility index (Phi) is 11.4. The molecule has 11 nitrogen and oxygen atoms in total. The fraction of sp³-hybridized carbons (Fsp3) is 0.189. The van der Waals surface area contributed by atoms with Crippen LogP contribution in [0, 0.1) is 0 Å². The molecular weight excluding hydrogens is 614 g/mol. The van der Waals surface area contributed by atoms with Crippen LogP contribution < -0.4 is 10.6 Å². The van der Waals surface area contributed by atoms with Gasteiger partial charge in [0.2, 0.25) is 5.91 Å². The third kappa shape index (κ3) is 9.70. The zero-order valence-corrected chi connectivity index (χ0v) is 26.0. The summed E-state index contributed by atoms with van der Waals surface area (Å²) in [7, 11) is 0. The predicted molar refractivity (Wildman–Crippen MR) is 176 cm³/mol. The summed E-state index contributed by atoms with van der Waals surface area (Å²) in [5.41, 5.74) is 3.52. The second-order valence-corrected chi connectivity index (χ2v) is 11.0. The molecule has 0 saturated carbocycles. The van der Waals surface area contributed by atoms with Crippen LogP contribution >= 0.6 is 0 Å². The van der Waals surface area contributed by atoms with Crippen LogP contribution in [-0.2, 0) is 54.8 Å². The Bertz CT molecular complexity index is 1830. The highest BCUT2D eigenvalue weighted by molar-refractivity contribution is 5.92. The fourth-order valence-corrected chi connectivity index (χ4v) is 4.93. The number of hydrogen-bond donors (Lipinski definition) is 4. The Morgan fingerprint density at radius 1 is 0.667 bits per heavy atom. The Labute approximate surface area is 276 Å². The summed E-state index contributed by atoms with van der Waals surface area (Å²) < 4.78 is 16.2. The summed E-state index contributed by atoms with van der Waals surface area (Å²) >= 11 is 0. The lowest BCUT2D eigenvalue weighted by atomic mass is 10.0. The van der Waals surface area contributed by atoms with Crippen molar-refractivity contribution < 1.29 is 38.5 Å². The Morgan fingerprint density at radius 2 is 1.23 bits per heavy atom. The smallest absolute Gasteiger partial charge is 0.408 e. The second kappa shape index (κ2) is 16.5. The molecule has 1 aromatic heterocycles. The largest absolute Gasteiger partial charge is 0.508 e. The number of phenols is 1. The number of amides is 2. The zero-order valence-electron chi connectivity index (χ0n) is 26.0. The number of ether oxygens (including phenoxy) is 3. The van der Waals surface area contributed by atoms with Crippen LogP contribution in [0.4, 0.5) is 4.79 Å². The summed E-state index contributed by atoms with van der Waals surface area (Å²) in [4.78, 5) is 56.0. The number of hydrogen-bond acceptors (Lipinski definition) is 8. The summed E-state index contributed by atoms with van der Waals surface area (Å²) in [6.45, 7) is -0.147. The number of phenolic OH excluding ortho intramolecular Hbond substituents is 1. The maximum absolute atomic E-state index is 13.8. The van der Waals surface area contributed by atoms with E-state index in [0.717, 1.165) is 11.1 Å². The molecule has 0 fully saturated rings. The minimum absolute atomic E-state index is 0.0230. The summed E-state index contributed by atoms with van der Waals surface area (Å²) in [5, 5.41) is 15.9. The predicted octanol–water partition coefficient (Wildman–Crippen LogP) is 5.07. The minimum atomic E-state index is -1.43. The number of nitrogens with one attached hydrogen (secondary N) is 3. The summed E-state index contributed by atoms with van der Waals surface area (Å²) in [6.07, 6.45) is 0.235. The number of aromatic hydroxyl groups is 1. The van der Waals surface area contributed by atoms with Crippen LogP contribution in [0.1, 0.15) is 28.7 Å². The molecule has 48 heavy (non-hydrogen) atoms. The molecule has 0 aliphatic rings. The van der Waals surface area contributed by atoms with E-state index < -0.39 is 42.4 Å². The van der Waals surface area contributed by atoms with Crippen molar-refractivity contribution in [2.24, 2.45) is 0 Å². The van der Waals surface area contributed by atoms with E-state index in [4.69, 9.17) is 14.2 Å². The molecule has 11 heteroatoms. The molecule has 4 aromatic carbocycles. The van der Waals surface area contributed by atoms with Gasteiger partial charge in [0.1, 0.15) is 37.7 Å². The van der Waals surface area contributed by atoms with Gasteiger partial charge < -0.3 is 34.9 Å². The van der Waals surface area contributed by atoms with Gasteiger partial charge in [0.25, 0.3) is 0 Å². The van der Waals surface area contributed by atoms with E-state index in [1.54, 1.807) is 85.1 Å². The average Bonchev–Trinajstić information content (AvgIpc) is 3.50. The highest BCUT2D eigenvalue weighted by Crippen LogP contribution is 2.24. The number of benzene rings is 4. The van der Waals surface area contributed by atoms with Crippen molar-refractivity contribution in [1.29, 1.82) is 0 Å². The van der Waals surface area contributed by atoms with Crippen molar-refractivity contribution in [2.75, 3.05) is 0 Å². The Morgan fingerprint density at radius 3 is 1.83 bits per heavy atom. The molecule has 246 valence electrons. The molecule has 0 radical (unpaired) electrons. The maximum atomic E-state index is 13.8. The molecule has 2 amide bonds. The lowest BCUT2D eigenvalue weighted by Gasteiger charge is -2.22. The fourth-order valence-electron chi connectivity index (χ4n) is 4.93. The third-order valence-corrected chi connectivity index (χ3v) is 7.43. The monoisotopic (exact) mass is 649 g/mol. The van der Waals surface area contributed by atoms with Gasteiger partial charge in [-0.25, -0.2) is 9.59 Å². The molecule has 2 atom stereocenters. The van der Waals surface area contributed by atoms with Gasteiger partial charge in [-0.05, 0) is 40.5 Å². The number of carbonyl (C=O) groups excluding carboxylic acids is 4. The van der Waals surface area contributed by atoms with Crippen molar-refractivity contribution in [3.05, 3.63) is 138 Å². The quantitative estimate of drug-likeness (QED) is 0.0960.